The quantitative estimate of drug-likeness (QED) is 0.536. The van der Waals surface area contributed by atoms with Gasteiger partial charge in [0.05, 0.1) is 6.10 Å². The largest absolute Gasteiger partial charge is 0.393 e. The van der Waals surface area contributed by atoms with Gasteiger partial charge in [-0.25, -0.2) is 4.39 Å². The van der Waals surface area contributed by atoms with Crippen molar-refractivity contribution in [2.24, 2.45) is 0 Å². The van der Waals surface area contributed by atoms with Crippen molar-refractivity contribution in [1.29, 1.82) is 0 Å². The normalized spacial score (nSPS) is 12.4. The average Bonchev–Trinajstić information content (AvgIpc) is 2.32. The van der Waals surface area contributed by atoms with Gasteiger partial charge in [-0.3, -0.25) is 0 Å². The number of allylic oxidation sites excluding steroid dienone is 1. The summed E-state index contributed by atoms with van der Waals surface area (Å²) in [6, 6.07) is 6.34. The highest BCUT2D eigenvalue weighted by molar-refractivity contribution is 5.16. The predicted molar refractivity (Wildman–Crippen MR) is 69.4 cm³/mol. The molecule has 0 aliphatic rings. The van der Waals surface area contributed by atoms with Crippen LogP contribution in [0.4, 0.5) is 4.39 Å². The lowest BCUT2D eigenvalue weighted by molar-refractivity contribution is 0.161. The molecule has 94 valence electrons. The van der Waals surface area contributed by atoms with E-state index in [4.69, 9.17) is 0 Å². The highest BCUT2D eigenvalue weighted by atomic mass is 19.1. The van der Waals surface area contributed by atoms with Crippen LogP contribution in [0.3, 0.4) is 0 Å². The lowest BCUT2D eigenvalue weighted by Gasteiger charge is -2.10. The lowest BCUT2D eigenvalue weighted by atomic mass is 10.0. The summed E-state index contributed by atoms with van der Waals surface area (Å²) < 4.78 is 12.7. The molecule has 2 heteroatoms. The molecule has 0 amide bonds. The van der Waals surface area contributed by atoms with Gasteiger partial charge < -0.3 is 5.11 Å². The van der Waals surface area contributed by atoms with Gasteiger partial charge in [0.1, 0.15) is 5.82 Å². The summed E-state index contributed by atoms with van der Waals surface area (Å²) in [6.07, 6.45) is 7.40. The first-order chi connectivity index (χ1) is 8.22. The van der Waals surface area contributed by atoms with Crippen LogP contribution in [0, 0.1) is 5.82 Å². The lowest BCUT2D eigenvalue weighted by Crippen LogP contribution is -2.10. The van der Waals surface area contributed by atoms with E-state index >= 15 is 0 Å². The fraction of sp³-hybridized carbons (Fsp3) is 0.467. The second kappa shape index (κ2) is 8.02. The van der Waals surface area contributed by atoms with Crippen LogP contribution < -0.4 is 0 Å². The molecule has 0 aliphatic heterocycles. The second-order valence-corrected chi connectivity index (χ2v) is 4.41. The summed E-state index contributed by atoms with van der Waals surface area (Å²) in [4.78, 5) is 0. The van der Waals surface area contributed by atoms with Crippen molar-refractivity contribution in [3.05, 3.63) is 48.3 Å². The van der Waals surface area contributed by atoms with Gasteiger partial charge in [0.15, 0.2) is 0 Å². The van der Waals surface area contributed by atoms with Gasteiger partial charge in [-0.05, 0) is 43.4 Å². The van der Waals surface area contributed by atoms with Crippen molar-refractivity contribution in [2.75, 3.05) is 0 Å². The summed E-state index contributed by atoms with van der Waals surface area (Å²) in [5.41, 5.74) is 0.991. The van der Waals surface area contributed by atoms with Crippen molar-refractivity contribution in [2.45, 2.75) is 44.6 Å². The molecule has 0 bridgehead atoms. The Morgan fingerprint density at radius 2 is 1.88 bits per heavy atom. The summed E-state index contributed by atoms with van der Waals surface area (Å²) >= 11 is 0. The summed E-state index contributed by atoms with van der Waals surface area (Å²) in [5.74, 6) is -0.229. The van der Waals surface area contributed by atoms with E-state index in [1.54, 1.807) is 12.1 Å². The fourth-order valence-electron chi connectivity index (χ4n) is 1.84. The van der Waals surface area contributed by atoms with E-state index in [9.17, 15) is 9.50 Å². The van der Waals surface area contributed by atoms with E-state index in [1.807, 2.05) is 6.08 Å². The molecule has 0 aromatic heterocycles. The zero-order valence-corrected chi connectivity index (χ0v) is 10.2. The number of rotatable bonds is 8. The third kappa shape index (κ3) is 6.22. The van der Waals surface area contributed by atoms with E-state index in [1.165, 1.54) is 12.1 Å². The molecule has 0 saturated heterocycles. The number of halogens is 1. The Hall–Kier alpha value is -1.15. The number of hydrogen-bond acceptors (Lipinski definition) is 1. The van der Waals surface area contributed by atoms with Gasteiger partial charge in [-0.1, -0.05) is 31.1 Å². The summed E-state index contributed by atoms with van der Waals surface area (Å²) in [5, 5.41) is 9.81. The van der Waals surface area contributed by atoms with E-state index in [0.29, 0.717) is 6.42 Å². The second-order valence-electron chi connectivity index (χ2n) is 4.41. The topological polar surface area (TPSA) is 20.2 Å². The summed E-state index contributed by atoms with van der Waals surface area (Å²) in [7, 11) is 0. The van der Waals surface area contributed by atoms with Crippen LogP contribution in [0.2, 0.25) is 0 Å². The first kappa shape index (κ1) is 13.9. The Labute approximate surface area is 103 Å². The predicted octanol–water partition coefficient (Wildman–Crippen LogP) is 3.87. The minimum Gasteiger partial charge on any atom is -0.393 e. The fourth-order valence-corrected chi connectivity index (χ4v) is 1.84. The molecule has 1 unspecified atom stereocenters. The maximum Gasteiger partial charge on any atom is 0.123 e. The highest BCUT2D eigenvalue weighted by Crippen LogP contribution is 2.11. The molecule has 0 saturated carbocycles. The zero-order valence-electron chi connectivity index (χ0n) is 10.2. The Morgan fingerprint density at radius 1 is 1.18 bits per heavy atom. The number of hydrogen-bond donors (Lipinski definition) is 1. The molecular formula is C15H21FO. The first-order valence-corrected chi connectivity index (χ1v) is 6.26. The van der Waals surface area contributed by atoms with Crippen LogP contribution in [0.5, 0.6) is 0 Å². The van der Waals surface area contributed by atoms with Gasteiger partial charge in [-0.15, -0.1) is 6.58 Å². The van der Waals surface area contributed by atoms with Crippen molar-refractivity contribution in [1.82, 2.24) is 0 Å². The molecule has 1 atom stereocenters. The van der Waals surface area contributed by atoms with Gasteiger partial charge in [0, 0.05) is 0 Å². The van der Waals surface area contributed by atoms with Crippen LogP contribution in [0.1, 0.15) is 37.7 Å². The van der Waals surface area contributed by atoms with Crippen molar-refractivity contribution in [3.8, 4) is 0 Å². The van der Waals surface area contributed by atoms with Crippen LogP contribution in [0.25, 0.3) is 0 Å². The standard InChI is InChI=1S/C15H21FO/c1-2-3-4-5-6-7-15(17)12-13-8-10-14(16)11-9-13/h2,8-11,15,17H,1,3-7,12H2. The zero-order chi connectivity index (χ0) is 12.5. The summed E-state index contributed by atoms with van der Waals surface area (Å²) in [6.45, 7) is 3.68. The Morgan fingerprint density at radius 3 is 2.53 bits per heavy atom. The number of unbranched alkanes of at least 4 members (excludes halogenated alkanes) is 3. The van der Waals surface area contributed by atoms with Crippen LogP contribution in [0.15, 0.2) is 36.9 Å². The monoisotopic (exact) mass is 236 g/mol. The molecule has 1 aromatic rings. The van der Waals surface area contributed by atoms with Crippen LogP contribution in [-0.2, 0) is 6.42 Å². The van der Waals surface area contributed by atoms with Gasteiger partial charge in [0.25, 0.3) is 0 Å². The number of benzene rings is 1. The van der Waals surface area contributed by atoms with Crippen molar-refractivity contribution in [3.63, 3.8) is 0 Å². The third-order valence-electron chi connectivity index (χ3n) is 2.83. The Balaban J connectivity index is 2.18. The van der Waals surface area contributed by atoms with Crippen molar-refractivity contribution >= 4 is 0 Å². The average molecular weight is 236 g/mol. The molecule has 0 fully saturated rings. The molecule has 1 rings (SSSR count). The third-order valence-corrected chi connectivity index (χ3v) is 2.83. The van der Waals surface area contributed by atoms with Gasteiger partial charge >= 0.3 is 0 Å². The van der Waals surface area contributed by atoms with Crippen LogP contribution >= 0.6 is 0 Å². The minimum absolute atomic E-state index is 0.229. The first-order valence-electron chi connectivity index (χ1n) is 6.26. The SMILES string of the molecule is C=CCCCCCC(O)Cc1ccc(F)cc1. The Bertz CT molecular complexity index is 318. The molecule has 1 aromatic carbocycles. The maximum absolute atomic E-state index is 12.7. The molecular weight excluding hydrogens is 215 g/mol. The number of aliphatic hydroxyl groups excluding tert-OH is 1. The smallest absolute Gasteiger partial charge is 0.123 e. The van der Waals surface area contributed by atoms with E-state index < -0.39 is 0 Å². The van der Waals surface area contributed by atoms with Gasteiger partial charge in [0.2, 0.25) is 0 Å². The molecule has 0 spiro atoms. The highest BCUT2D eigenvalue weighted by Gasteiger charge is 2.05. The maximum atomic E-state index is 12.7. The van der Waals surface area contributed by atoms with E-state index in [0.717, 1.165) is 37.7 Å². The molecule has 1 nitrogen and oxygen atoms in total. The van der Waals surface area contributed by atoms with Crippen molar-refractivity contribution < 1.29 is 9.50 Å². The molecule has 0 aliphatic carbocycles. The van der Waals surface area contributed by atoms with E-state index in [2.05, 4.69) is 6.58 Å². The Kier molecular flexibility index (Phi) is 6.56. The molecule has 0 heterocycles. The van der Waals surface area contributed by atoms with E-state index in [-0.39, 0.29) is 11.9 Å². The molecule has 1 N–H and O–H groups in total. The molecule has 17 heavy (non-hydrogen) atoms. The molecule has 0 radical (unpaired) electrons. The van der Waals surface area contributed by atoms with Gasteiger partial charge in [-0.2, -0.15) is 0 Å². The number of aliphatic hydroxyl groups is 1. The minimum atomic E-state index is -0.316. The van der Waals surface area contributed by atoms with Crippen LogP contribution in [-0.4, -0.2) is 11.2 Å².